The first-order valence-corrected chi connectivity index (χ1v) is 12.0. The Bertz CT molecular complexity index is 1050. The fraction of sp³-hybridized carbons (Fsp3) is 0.318. The smallest absolute Gasteiger partial charge is 0.255 e. The summed E-state index contributed by atoms with van der Waals surface area (Å²) in [7, 11) is 1.51. The summed E-state index contributed by atoms with van der Waals surface area (Å²) >= 11 is 2.98. The molecule has 164 valence electrons. The lowest BCUT2D eigenvalue weighted by Gasteiger charge is -2.18. The number of fused-ring (bicyclic) bond motifs is 1. The number of aromatic nitrogens is 1. The summed E-state index contributed by atoms with van der Waals surface area (Å²) in [6, 6.07) is 11.8. The van der Waals surface area contributed by atoms with Crippen LogP contribution in [-0.4, -0.2) is 48.6 Å². The van der Waals surface area contributed by atoms with Crippen LogP contribution in [0.4, 0.5) is 5.13 Å². The first-order valence-electron chi connectivity index (χ1n) is 9.82. The minimum atomic E-state index is -0.698. The zero-order chi connectivity index (χ0) is 22.2. The third-order valence-electron chi connectivity index (χ3n) is 4.49. The van der Waals surface area contributed by atoms with Crippen LogP contribution < -0.4 is 20.1 Å². The second-order valence-electron chi connectivity index (χ2n) is 6.58. The predicted octanol–water partition coefficient (Wildman–Crippen LogP) is 4.19. The van der Waals surface area contributed by atoms with Gasteiger partial charge in [-0.15, -0.1) is 0 Å². The van der Waals surface area contributed by atoms with Gasteiger partial charge in [-0.3, -0.25) is 9.59 Å². The highest BCUT2D eigenvalue weighted by Gasteiger charge is 2.23. The van der Waals surface area contributed by atoms with Crippen molar-refractivity contribution < 1.29 is 19.1 Å². The summed E-state index contributed by atoms with van der Waals surface area (Å²) in [6.07, 6.45) is 2.45. The minimum Gasteiger partial charge on any atom is -0.496 e. The van der Waals surface area contributed by atoms with Crippen molar-refractivity contribution in [1.29, 1.82) is 0 Å². The van der Waals surface area contributed by atoms with E-state index < -0.39 is 6.04 Å². The number of hydrogen-bond donors (Lipinski definition) is 2. The molecule has 2 N–H and O–H groups in total. The van der Waals surface area contributed by atoms with Crippen LogP contribution in [-0.2, 0) is 4.79 Å². The van der Waals surface area contributed by atoms with Crippen LogP contribution in [0.1, 0.15) is 23.7 Å². The number of anilines is 1. The maximum absolute atomic E-state index is 13.0. The maximum Gasteiger partial charge on any atom is 0.255 e. The largest absolute Gasteiger partial charge is 0.496 e. The molecule has 0 bridgehead atoms. The molecule has 1 aromatic heterocycles. The highest BCUT2D eigenvalue weighted by molar-refractivity contribution is 7.98. The molecule has 2 aromatic carbocycles. The van der Waals surface area contributed by atoms with Crippen molar-refractivity contribution in [2.75, 3.05) is 31.0 Å². The fourth-order valence-corrected chi connectivity index (χ4v) is 4.35. The van der Waals surface area contributed by atoms with E-state index in [9.17, 15) is 9.59 Å². The van der Waals surface area contributed by atoms with Gasteiger partial charge in [0.2, 0.25) is 5.91 Å². The lowest BCUT2D eigenvalue weighted by Crippen LogP contribution is -2.44. The van der Waals surface area contributed by atoms with Crippen molar-refractivity contribution in [3.05, 3.63) is 48.0 Å². The Morgan fingerprint density at radius 3 is 2.77 bits per heavy atom. The van der Waals surface area contributed by atoms with Crippen molar-refractivity contribution in [2.45, 2.75) is 19.4 Å². The lowest BCUT2D eigenvalue weighted by molar-refractivity contribution is -0.118. The molecule has 2 amide bonds. The van der Waals surface area contributed by atoms with E-state index in [0.29, 0.717) is 29.5 Å². The van der Waals surface area contributed by atoms with Crippen LogP contribution >= 0.6 is 23.1 Å². The fourth-order valence-electron chi connectivity index (χ4n) is 2.98. The Hall–Kier alpha value is -2.78. The summed E-state index contributed by atoms with van der Waals surface area (Å²) in [6.45, 7) is 2.51. The van der Waals surface area contributed by atoms with Gasteiger partial charge >= 0.3 is 0 Å². The Balaban J connectivity index is 1.75. The van der Waals surface area contributed by atoms with E-state index in [-0.39, 0.29) is 11.8 Å². The van der Waals surface area contributed by atoms with Gasteiger partial charge in [0, 0.05) is 0 Å². The SMILES string of the molecule is CCOc1ccc2nc(NC(=O)C(CCSC)NC(=O)c3ccccc3OC)sc2c1. The number of nitrogens with zero attached hydrogens (tertiary/aromatic N) is 1. The minimum absolute atomic E-state index is 0.304. The first-order chi connectivity index (χ1) is 15.0. The second-order valence-corrected chi connectivity index (χ2v) is 8.59. The van der Waals surface area contributed by atoms with Crippen LogP contribution in [0.3, 0.4) is 0 Å². The van der Waals surface area contributed by atoms with E-state index in [0.717, 1.165) is 21.7 Å². The number of hydrogen-bond acceptors (Lipinski definition) is 7. The molecule has 0 aliphatic rings. The summed E-state index contributed by atoms with van der Waals surface area (Å²) in [5.74, 6) is 1.28. The second kappa shape index (κ2) is 11.0. The van der Waals surface area contributed by atoms with E-state index >= 15 is 0 Å². The number of carbonyl (C=O) groups is 2. The van der Waals surface area contributed by atoms with Crippen molar-refractivity contribution in [1.82, 2.24) is 10.3 Å². The number of para-hydroxylation sites is 1. The standard InChI is InChI=1S/C22H25N3O4S2/c1-4-29-14-9-10-16-19(13-14)31-22(24-16)25-21(27)17(11-12-30-3)23-20(26)15-7-5-6-8-18(15)28-2/h5-10,13,17H,4,11-12H2,1-3H3,(H,23,26)(H,24,25,27). The lowest BCUT2D eigenvalue weighted by atomic mass is 10.1. The van der Waals surface area contributed by atoms with Crippen molar-refractivity contribution in [3.63, 3.8) is 0 Å². The number of amides is 2. The summed E-state index contributed by atoms with van der Waals surface area (Å²) in [4.78, 5) is 30.2. The summed E-state index contributed by atoms with van der Waals surface area (Å²) < 4.78 is 11.7. The highest BCUT2D eigenvalue weighted by Crippen LogP contribution is 2.29. The number of ether oxygens (including phenoxy) is 2. The Labute approximate surface area is 189 Å². The Kier molecular flexibility index (Phi) is 8.13. The van der Waals surface area contributed by atoms with E-state index in [4.69, 9.17) is 9.47 Å². The molecule has 0 saturated heterocycles. The number of thiazole rings is 1. The molecule has 3 rings (SSSR count). The van der Waals surface area contributed by atoms with Gasteiger partial charge in [0.1, 0.15) is 17.5 Å². The van der Waals surface area contributed by atoms with Gasteiger partial charge in [-0.25, -0.2) is 4.98 Å². The number of benzene rings is 2. The summed E-state index contributed by atoms with van der Waals surface area (Å²) in [5.41, 5.74) is 1.16. The molecule has 1 unspecified atom stereocenters. The van der Waals surface area contributed by atoms with E-state index in [1.54, 1.807) is 36.0 Å². The van der Waals surface area contributed by atoms with Gasteiger partial charge in [-0.1, -0.05) is 23.5 Å². The number of nitrogens with one attached hydrogen (secondary N) is 2. The third kappa shape index (κ3) is 5.89. The molecule has 0 aliphatic heterocycles. The third-order valence-corrected chi connectivity index (χ3v) is 6.06. The molecular weight excluding hydrogens is 434 g/mol. The number of rotatable bonds is 10. The quantitative estimate of drug-likeness (QED) is 0.472. The van der Waals surface area contributed by atoms with E-state index in [2.05, 4.69) is 15.6 Å². The molecule has 3 aromatic rings. The van der Waals surface area contributed by atoms with Crippen LogP contribution in [0.2, 0.25) is 0 Å². The molecule has 0 saturated carbocycles. The van der Waals surface area contributed by atoms with Gasteiger partial charge < -0.3 is 20.1 Å². The van der Waals surface area contributed by atoms with E-state index in [1.165, 1.54) is 18.4 Å². The first kappa shape index (κ1) is 22.9. The average molecular weight is 460 g/mol. The van der Waals surface area contributed by atoms with Crippen molar-refractivity contribution in [3.8, 4) is 11.5 Å². The molecule has 1 heterocycles. The van der Waals surface area contributed by atoms with Crippen molar-refractivity contribution in [2.24, 2.45) is 0 Å². The number of carbonyl (C=O) groups excluding carboxylic acids is 2. The van der Waals surface area contributed by atoms with Crippen LogP contribution in [0, 0.1) is 0 Å². The Morgan fingerprint density at radius 2 is 2.03 bits per heavy atom. The predicted molar refractivity (Wildman–Crippen MR) is 127 cm³/mol. The maximum atomic E-state index is 13.0. The normalized spacial score (nSPS) is 11.7. The molecule has 0 fully saturated rings. The molecule has 0 spiro atoms. The van der Waals surface area contributed by atoms with Gasteiger partial charge in [0.05, 0.1) is 29.5 Å². The molecule has 7 nitrogen and oxygen atoms in total. The van der Waals surface area contributed by atoms with Crippen LogP contribution in [0.25, 0.3) is 10.2 Å². The molecule has 1 atom stereocenters. The monoisotopic (exact) mass is 459 g/mol. The van der Waals surface area contributed by atoms with Crippen LogP contribution in [0.5, 0.6) is 11.5 Å². The molecular formula is C22H25N3O4S2. The topological polar surface area (TPSA) is 89.5 Å². The molecule has 9 heteroatoms. The zero-order valence-electron chi connectivity index (χ0n) is 17.6. The highest BCUT2D eigenvalue weighted by atomic mass is 32.2. The molecule has 31 heavy (non-hydrogen) atoms. The molecule has 0 aliphatic carbocycles. The van der Waals surface area contributed by atoms with Gasteiger partial charge in [-0.2, -0.15) is 11.8 Å². The van der Waals surface area contributed by atoms with Gasteiger partial charge in [0.15, 0.2) is 5.13 Å². The number of methoxy groups -OCH3 is 1. The molecule has 0 radical (unpaired) electrons. The van der Waals surface area contributed by atoms with E-state index in [1.807, 2.05) is 31.4 Å². The number of thioether (sulfide) groups is 1. The van der Waals surface area contributed by atoms with Gasteiger partial charge in [-0.05, 0) is 55.7 Å². The average Bonchev–Trinajstić information content (AvgIpc) is 3.18. The van der Waals surface area contributed by atoms with Crippen molar-refractivity contribution >= 4 is 50.3 Å². The summed E-state index contributed by atoms with van der Waals surface area (Å²) in [5, 5.41) is 6.17. The zero-order valence-corrected chi connectivity index (χ0v) is 19.3. The van der Waals surface area contributed by atoms with Crippen LogP contribution in [0.15, 0.2) is 42.5 Å². The van der Waals surface area contributed by atoms with Gasteiger partial charge in [0.25, 0.3) is 5.91 Å². The Morgan fingerprint density at radius 1 is 1.23 bits per heavy atom.